The number of hydrogen-bond donors (Lipinski definition) is 18. The van der Waals surface area contributed by atoms with Gasteiger partial charge in [-0.15, -0.1) is 10.2 Å². The predicted molar refractivity (Wildman–Crippen MR) is 234 cm³/mol. The van der Waals surface area contributed by atoms with Crippen molar-refractivity contribution < 1.29 is 149 Å². The van der Waals surface area contributed by atoms with Crippen LogP contribution in [0.15, 0.2) is 12.4 Å². The van der Waals surface area contributed by atoms with Crippen LogP contribution in [0, 0.1) is 0 Å². The maximum atomic E-state index is 11.3. The highest BCUT2D eigenvalue weighted by Crippen LogP contribution is 2.38. The third-order valence-corrected chi connectivity index (χ3v) is 14.6. The first-order chi connectivity index (χ1) is 37.4. The second-order valence-electron chi connectivity index (χ2n) is 19.6. The molecule has 78 heavy (non-hydrogen) atoms. The summed E-state index contributed by atoms with van der Waals surface area (Å²) in [6.07, 6.45) is -51.9. The first kappa shape index (κ1) is 59.7. The molecule has 30 atom stereocenters. The molecule has 0 spiro atoms. The lowest BCUT2D eigenvalue weighted by molar-refractivity contribution is -0.376. The van der Waals surface area contributed by atoms with Gasteiger partial charge in [0.15, 0.2) is 37.6 Å². The number of nitrogens with zero attached hydrogens (tertiary/aromatic N) is 6. The zero-order chi connectivity index (χ0) is 56.0. The summed E-state index contributed by atoms with van der Waals surface area (Å²) in [7, 11) is 0. The minimum Gasteiger partial charge on any atom is -0.394 e. The number of aromatic nitrogens is 6. The predicted octanol–water partition coefficient (Wildman–Crippen LogP) is -13.1. The van der Waals surface area contributed by atoms with Gasteiger partial charge in [-0.3, -0.25) is 0 Å². The fourth-order valence-electron chi connectivity index (χ4n) is 10.3. The van der Waals surface area contributed by atoms with E-state index in [4.69, 9.17) is 56.8 Å². The van der Waals surface area contributed by atoms with Gasteiger partial charge in [-0.25, -0.2) is 9.36 Å². The molecule has 6 fully saturated rings. The van der Waals surface area contributed by atoms with Crippen LogP contribution in [-0.4, -0.2) is 333 Å². The molecule has 2 aromatic heterocycles. The van der Waals surface area contributed by atoms with Gasteiger partial charge in [0.25, 0.3) is 0 Å². The first-order valence-corrected chi connectivity index (χ1v) is 24.8. The molecule has 16 bridgehead atoms. The highest BCUT2D eigenvalue weighted by Gasteiger charge is 2.57. The minimum atomic E-state index is -2.09. The topological polar surface area (TPSA) is 536 Å². The Bertz CT molecular complexity index is 2050. The monoisotopic (exact) mass is 1130 g/mol. The normalized spacial score (nSPS) is 49.0. The first-order valence-electron chi connectivity index (χ1n) is 24.8. The molecule has 18 N–H and O–H groups in total. The van der Waals surface area contributed by atoms with Crippen LogP contribution in [0.4, 0.5) is 0 Å². The van der Waals surface area contributed by atoms with Crippen molar-refractivity contribution in [3.63, 3.8) is 0 Å². The van der Waals surface area contributed by atoms with Crippen LogP contribution in [0.25, 0.3) is 0 Å². The lowest BCUT2D eigenvalue weighted by Crippen LogP contribution is -2.66. The Morgan fingerprint density at radius 1 is 0.321 bits per heavy atom. The highest BCUT2D eigenvalue weighted by molar-refractivity contribution is 5.02. The largest absolute Gasteiger partial charge is 0.394 e. The molecule has 0 radical (unpaired) electrons. The fraction of sp³-hybridized carbons (Fsp3) is 0.905. The van der Waals surface area contributed by atoms with E-state index in [0.29, 0.717) is 0 Å². The zero-order valence-corrected chi connectivity index (χ0v) is 40.8. The second kappa shape index (κ2) is 25.3. The lowest BCUT2D eigenvalue weighted by Gasteiger charge is -2.48. The minimum absolute atomic E-state index is 0.0369. The smallest absolute Gasteiger partial charge is 0.187 e. The molecule has 0 unspecified atom stereocenters. The molecule has 6 saturated heterocycles. The molecule has 36 heteroatoms. The second-order valence-corrected chi connectivity index (χ2v) is 19.6. The molecule has 0 aromatic carbocycles. The summed E-state index contributed by atoms with van der Waals surface area (Å²) in [6, 6.07) is 0. The maximum absolute atomic E-state index is 11.3. The molecule has 22 aliphatic heterocycles. The van der Waals surface area contributed by atoms with Crippen molar-refractivity contribution in [1.82, 2.24) is 30.0 Å². The number of hydrogen-bond acceptors (Lipinski definition) is 34. The van der Waals surface area contributed by atoms with Gasteiger partial charge in [0.2, 0.25) is 0 Å². The van der Waals surface area contributed by atoms with Crippen LogP contribution < -0.4 is 0 Å². The Labute approximate surface area is 439 Å². The zero-order valence-electron chi connectivity index (χ0n) is 40.8. The summed E-state index contributed by atoms with van der Waals surface area (Å²) >= 11 is 0. The number of ether oxygens (including phenoxy) is 12. The van der Waals surface area contributed by atoms with E-state index in [9.17, 15) is 91.9 Å². The van der Waals surface area contributed by atoms with E-state index >= 15 is 0 Å². The summed E-state index contributed by atoms with van der Waals surface area (Å²) in [4.78, 5) is 0. The summed E-state index contributed by atoms with van der Waals surface area (Å²) in [5.41, 5.74) is -0.0738. The van der Waals surface area contributed by atoms with Crippen LogP contribution in [0.2, 0.25) is 0 Å². The molecular formula is C42H66N6O30. The van der Waals surface area contributed by atoms with Crippen LogP contribution in [0.5, 0.6) is 0 Å². The van der Waals surface area contributed by atoms with E-state index in [2.05, 4.69) is 20.6 Å². The number of aliphatic hydroxyl groups is 18. The molecule has 2 aromatic rings. The van der Waals surface area contributed by atoms with Gasteiger partial charge in [0.05, 0.1) is 65.2 Å². The molecule has 24 rings (SSSR count). The third-order valence-electron chi connectivity index (χ3n) is 14.6. The van der Waals surface area contributed by atoms with Gasteiger partial charge >= 0.3 is 0 Å². The third kappa shape index (κ3) is 11.6. The van der Waals surface area contributed by atoms with Crippen molar-refractivity contribution in [3.8, 4) is 0 Å². The van der Waals surface area contributed by atoms with Crippen molar-refractivity contribution in [1.29, 1.82) is 0 Å². The number of rotatable bonds is 6. The van der Waals surface area contributed by atoms with Crippen molar-refractivity contribution >= 4 is 0 Å². The number of aliphatic hydroxyl groups excluding tert-OH is 18. The summed E-state index contributed by atoms with van der Waals surface area (Å²) in [6.45, 7) is -6.53. The lowest BCUT2D eigenvalue weighted by atomic mass is 9.95. The van der Waals surface area contributed by atoms with E-state index < -0.39 is 237 Å². The van der Waals surface area contributed by atoms with Gasteiger partial charge in [-0.05, 0) is 0 Å². The Hall–Kier alpha value is -2.92. The summed E-state index contributed by atoms with van der Waals surface area (Å²) in [5, 5.41) is 213. The molecule has 0 saturated carbocycles. The van der Waals surface area contributed by atoms with Crippen molar-refractivity contribution in [3.05, 3.63) is 23.8 Å². The average Bonchev–Trinajstić information content (AvgIpc) is 4.13. The highest BCUT2D eigenvalue weighted by atomic mass is 16.8. The van der Waals surface area contributed by atoms with Gasteiger partial charge in [-0.1, -0.05) is 10.4 Å². The molecule has 444 valence electrons. The standard InChI is InChI=1S/C42H66N6O30/c49-3-13-31-21(57)27(63)39(71-13)77-35-18(8-54)74-42(30(66)24(35)60)76-34-16(6-52)70-38(26(62)20(34)56)48-2-12(44-46-48)10-68-32-14(4-50)72-40(28(64)22(32)58)78-36-17(7-53)73-41(29(65)23(36)59)75-33-15(5-51)69-37(25(61)19(33)55)47-1-11(9-67-31)43-45-47/h1-2,13-42,49-66H,3-10H2/t13-,14-,15-,16-,17-,18-,19-,20-,21-,22-,23-,24-,25+,26+,27+,28+,29+,30+,31-,32-,33-,34-,35-,36-,37+,38+,39-,40-,41-,42-/m1/s1. The molecule has 24 heterocycles. The summed E-state index contributed by atoms with van der Waals surface area (Å²) < 4.78 is 71.0. The van der Waals surface area contributed by atoms with E-state index in [0.717, 1.165) is 21.8 Å². The molecule has 0 amide bonds. The van der Waals surface area contributed by atoms with Crippen molar-refractivity contribution in [2.45, 2.75) is 197 Å². The molecular weight excluding hydrogens is 1070 g/mol. The van der Waals surface area contributed by atoms with Gasteiger partial charge in [0.1, 0.15) is 158 Å². The molecule has 0 aliphatic carbocycles. The Kier molecular flexibility index (Phi) is 19.4. The average molecular weight is 1140 g/mol. The van der Waals surface area contributed by atoms with E-state index in [-0.39, 0.29) is 11.4 Å². The van der Waals surface area contributed by atoms with Gasteiger partial charge in [0, 0.05) is 0 Å². The van der Waals surface area contributed by atoms with Crippen LogP contribution in [0.3, 0.4) is 0 Å². The van der Waals surface area contributed by atoms with Crippen LogP contribution >= 0.6 is 0 Å². The maximum Gasteiger partial charge on any atom is 0.187 e. The van der Waals surface area contributed by atoms with Crippen molar-refractivity contribution in [2.24, 2.45) is 0 Å². The van der Waals surface area contributed by atoms with Gasteiger partial charge in [-0.2, -0.15) is 0 Å². The van der Waals surface area contributed by atoms with Crippen molar-refractivity contribution in [2.75, 3.05) is 39.6 Å². The van der Waals surface area contributed by atoms with Crippen LogP contribution in [0.1, 0.15) is 23.8 Å². The van der Waals surface area contributed by atoms with E-state index in [1.165, 1.54) is 0 Å². The summed E-state index contributed by atoms with van der Waals surface area (Å²) in [5.74, 6) is 0. The Morgan fingerprint density at radius 2 is 0.564 bits per heavy atom. The molecule has 22 aliphatic rings. The van der Waals surface area contributed by atoms with E-state index in [1.54, 1.807) is 0 Å². The van der Waals surface area contributed by atoms with E-state index in [1.807, 2.05) is 0 Å². The Balaban J connectivity index is 0.965. The fourth-order valence-corrected chi connectivity index (χ4v) is 10.3. The van der Waals surface area contributed by atoms with Crippen LogP contribution in [-0.2, 0) is 70.1 Å². The van der Waals surface area contributed by atoms with Gasteiger partial charge < -0.3 is 149 Å². The molecule has 36 nitrogen and oxygen atoms in total. The Morgan fingerprint density at radius 3 is 0.846 bits per heavy atom. The SMILES string of the molecule is OC[C@H]1O[C@@H]2O[C@H]3[C@H](O)[C@H](O)[C@@H](O[C@H]4[C@H](O)[C@H](O)[C@H](O[C@@H]4CO)n4cc(nn4)CO[C@H]4[C@H](O)[C@H](O)[C@@H](O[C@H]5[C@H](O)[C@H](O)[C@@H](O[C@H]6[C@H](O)[C@H](O)[C@H](O[C@@H]6CO)n6cc(nn6)CO[C@H]1[C@H](O)[C@@H]2O)O[C@@H]5CO)O[C@@H]4CO)O[C@@H]3CO. The quantitative estimate of drug-likeness (QED) is 0.128.